The monoisotopic (exact) mass is 179 g/mol. The van der Waals surface area contributed by atoms with Crippen molar-refractivity contribution in [1.82, 2.24) is 0 Å². The summed E-state index contributed by atoms with van der Waals surface area (Å²) in [4.78, 5) is 10.3. The summed E-state index contributed by atoms with van der Waals surface area (Å²) >= 11 is 5.84. The van der Waals surface area contributed by atoms with Crippen molar-refractivity contribution in [3.63, 3.8) is 0 Å². The third-order valence-corrected chi connectivity index (χ3v) is 1.36. The molecule has 0 rings (SSSR count). The van der Waals surface area contributed by atoms with Gasteiger partial charge in [-0.25, -0.2) is 0 Å². The normalized spacial score (nSPS) is 14.3. The summed E-state index contributed by atoms with van der Waals surface area (Å²) in [6.45, 7) is 3.61. The predicted octanol–water partition coefficient (Wildman–Crippen LogP) is 0.894. The lowest BCUT2D eigenvalue weighted by Crippen LogP contribution is -2.36. The molecule has 0 heterocycles. The van der Waals surface area contributed by atoms with Gasteiger partial charge in [-0.3, -0.25) is 4.79 Å². The molecular weight excluding hydrogens is 166 g/mol. The average molecular weight is 180 g/mol. The number of alkyl halides is 1. The van der Waals surface area contributed by atoms with Gasteiger partial charge in [0.05, 0.1) is 7.11 Å². The highest BCUT2D eigenvalue weighted by atomic mass is 35.5. The molecule has 0 amide bonds. The van der Waals surface area contributed by atoms with E-state index >= 15 is 0 Å². The van der Waals surface area contributed by atoms with Gasteiger partial charge in [0.15, 0.2) is 0 Å². The Balaban J connectivity index is 3.87. The molecule has 4 heteroatoms. The molecular formula is C7H14ClNO2. The van der Waals surface area contributed by atoms with Crippen molar-refractivity contribution in [3.05, 3.63) is 0 Å². The molecule has 0 fully saturated rings. The predicted molar refractivity (Wildman–Crippen MR) is 44.5 cm³/mol. The first kappa shape index (κ1) is 10.7. The molecule has 3 nitrogen and oxygen atoms in total. The van der Waals surface area contributed by atoms with Gasteiger partial charge in [-0.05, 0) is 20.3 Å². The zero-order valence-corrected chi connectivity index (χ0v) is 7.81. The Kier molecular flexibility index (Phi) is 3.83. The largest absolute Gasteiger partial charge is 0.468 e. The van der Waals surface area contributed by atoms with E-state index in [0.717, 1.165) is 0 Å². The van der Waals surface area contributed by atoms with E-state index in [1.165, 1.54) is 7.11 Å². The Morgan fingerprint density at radius 1 is 1.73 bits per heavy atom. The molecule has 0 aliphatic rings. The van der Waals surface area contributed by atoms with E-state index in [4.69, 9.17) is 17.3 Å². The fraction of sp³-hybridized carbons (Fsp3) is 0.857. The van der Waals surface area contributed by atoms with Crippen LogP contribution in [0.1, 0.15) is 20.3 Å². The van der Waals surface area contributed by atoms with Crippen molar-refractivity contribution in [2.75, 3.05) is 7.11 Å². The first-order valence-electron chi connectivity index (χ1n) is 3.39. The topological polar surface area (TPSA) is 52.3 Å². The number of halogens is 1. The second kappa shape index (κ2) is 3.93. The van der Waals surface area contributed by atoms with Crippen LogP contribution in [0.25, 0.3) is 0 Å². The molecule has 0 radical (unpaired) electrons. The first-order chi connectivity index (χ1) is 4.87. The lowest BCUT2D eigenvalue weighted by Gasteiger charge is -2.18. The van der Waals surface area contributed by atoms with Crippen molar-refractivity contribution in [2.24, 2.45) is 5.73 Å². The molecule has 1 atom stereocenters. The highest BCUT2D eigenvalue weighted by Crippen LogP contribution is 2.19. The Bertz CT molecular complexity index is 142. The quantitative estimate of drug-likeness (QED) is 0.517. The van der Waals surface area contributed by atoms with Crippen molar-refractivity contribution >= 4 is 17.6 Å². The molecule has 0 aromatic carbocycles. The Hall–Kier alpha value is -0.280. The molecule has 0 aliphatic heterocycles. The van der Waals surface area contributed by atoms with Crippen LogP contribution in [-0.4, -0.2) is 24.0 Å². The van der Waals surface area contributed by atoms with Gasteiger partial charge in [0, 0.05) is 4.87 Å². The van der Waals surface area contributed by atoms with Crippen molar-refractivity contribution in [2.45, 2.75) is 31.2 Å². The second-order valence-corrected chi connectivity index (χ2v) is 4.08. The van der Waals surface area contributed by atoms with E-state index in [2.05, 4.69) is 4.74 Å². The number of rotatable bonds is 3. The van der Waals surface area contributed by atoms with Gasteiger partial charge >= 0.3 is 5.97 Å². The summed E-state index contributed by atoms with van der Waals surface area (Å²) in [5, 5.41) is 0. The number of hydrogen-bond acceptors (Lipinski definition) is 3. The maximum atomic E-state index is 10.8. The molecule has 11 heavy (non-hydrogen) atoms. The summed E-state index contributed by atoms with van der Waals surface area (Å²) in [5.41, 5.74) is 5.45. The molecule has 1 unspecified atom stereocenters. The fourth-order valence-corrected chi connectivity index (χ4v) is 0.924. The van der Waals surface area contributed by atoms with Gasteiger partial charge in [-0.1, -0.05) is 0 Å². The number of nitrogens with two attached hydrogens (primary N) is 1. The summed E-state index contributed by atoms with van der Waals surface area (Å²) < 4.78 is 4.44. The molecule has 2 N–H and O–H groups in total. The van der Waals surface area contributed by atoms with Crippen LogP contribution < -0.4 is 5.73 Å². The van der Waals surface area contributed by atoms with E-state index < -0.39 is 16.9 Å². The zero-order chi connectivity index (χ0) is 9.07. The minimum absolute atomic E-state index is 0.418. The van der Waals surface area contributed by atoms with Gasteiger partial charge in [0.25, 0.3) is 0 Å². The number of methoxy groups -OCH3 is 1. The number of carbonyl (C=O) groups excluding carboxylic acids is 1. The van der Waals surface area contributed by atoms with Crippen LogP contribution in [0.4, 0.5) is 0 Å². The molecule has 0 bridgehead atoms. The van der Waals surface area contributed by atoms with E-state index in [-0.39, 0.29) is 0 Å². The van der Waals surface area contributed by atoms with Gasteiger partial charge in [-0.15, -0.1) is 11.6 Å². The van der Waals surface area contributed by atoms with Gasteiger partial charge in [0.2, 0.25) is 0 Å². The summed E-state index contributed by atoms with van der Waals surface area (Å²) in [6.07, 6.45) is 0.418. The van der Waals surface area contributed by atoms with Crippen LogP contribution in [0.15, 0.2) is 0 Å². The summed E-state index contributed by atoms with van der Waals surface area (Å²) in [6, 6.07) is -0.618. The van der Waals surface area contributed by atoms with Crippen molar-refractivity contribution in [1.29, 1.82) is 0 Å². The minimum atomic E-state index is -0.618. The molecule has 0 aromatic rings. The van der Waals surface area contributed by atoms with Crippen molar-refractivity contribution in [3.8, 4) is 0 Å². The van der Waals surface area contributed by atoms with E-state index in [1.807, 2.05) is 0 Å². The van der Waals surface area contributed by atoms with Crippen LogP contribution in [0, 0.1) is 0 Å². The van der Waals surface area contributed by atoms with Crippen LogP contribution in [0.5, 0.6) is 0 Å². The maximum absolute atomic E-state index is 10.8. The van der Waals surface area contributed by atoms with Gasteiger partial charge < -0.3 is 10.5 Å². The fourth-order valence-electron chi connectivity index (χ4n) is 0.758. The third-order valence-electron chi connectivity index (χ3n) is 1.21. The van der Waals surface area contributed by atoms with E-state index in [0.29, 0.717) is 6.42 Å². The Morgan fingerprint density at radius 3 is 2.45 bits per heavy atom. The number of carbonyl (C=O) groups is 1. The molecule has 0 saturated carbocycles. The number of ether oxygens (including phenoxy) is 1. The summed E-state index contributed by atoms with van der Waals surface area (Å²) in [5.74, 6) is -0.418. The van der Waals surface area contributed by atoms with E-state index in [1.54, 1.807) is 13.8 Å². The molecule has 0 spiro atoms. The standard InChI is InChI=1S/C7H14ClNO2/c1-7(2,8)4-5(9)6(10)11-3/h5H,4,9H2,1-3H3. The second-order valence-electron chi connectivity index (χ2n) is 3.05. The Labute approximate surface area is 71.8 Å². The molecule has 0 saturated heterocycles. The van der Waals surface area contributed by atoms with Crippen LogP contribution in [-0.2, 0) is 9.53 Å². The molecule has 66 valence electrons. The lowest BCUT2D eigenvalue weighted by molar-refractivity contribution is -0.142. The van der Waals surface area contributed by atoms with Crippen LogP contribution in [0.3, 0.4) is 0 Å². The highest BCUT2D eigenvalue weighted by molar-refractivity contribution is 6.23. The first-order valence-corrected chi connectivity index (χ1v) is 3.77. The van der Waals surface area contributed by atoms with Gasteiger partial charge in [-0.2, -0.15) is 0 Å². The van der Waals surface area contributed by atoms with E-state index in [9.17, 15) is 4.79 Å². The minimum Gasteiger partial charge on any atom is -0.468 e. The smallest absolute Gasteiger partial charge is 0.322 e. The average Bonchev–Trinajstić information content (AvgIpc) is 1.82. The van der Waals surface area contributed by atoms with Crippen LogP contribution >= 0.6 is 11.6 Å². The SMILES string of the molecule is COC(=O)C(N)CC(C)(C)Cl. The third kappa shape index (κ3) is 5.04. The van der Waals surface area contributed by atoms with Crippen LogP contribution in [0.2, 0.25) is 0 Å². The van der Waals surface area contributed by atoms with Gasteiger partial charge in [0.1, 0.15) is 6.04 Å². The highest BCUT2D eigenvalue weighted by Gasteiger charge is 2.23. The maximum Gasteiger partial charge on any atom is 0.322 e. The lowest BCUT2D eigenvalue weighted by atomic mass is 10.0. The summed E-state index contributed by atoms with van der Waals surface area (Å²) in [7, 11) is 1.31. The number of esters is 1. The van der Waals surface area contributed by atoms with Crippen molar-refractivity contribution < 1.29 is 9.53 Å². The Morgan fingerprint density at radius 2 is 2.18 bits per heavy atom. The molecule has 0 aromatic heterocycles. The zero-order valence-electron chi connectivity index (χ0n) is 7.06. The number of hydrogen-bond donors (Lipinski definition) is 1. The molecule has 0 aliphatic carbocycles.